The topological polar surface area (TPSA) is 73.6 Å². The molecule has 3 aromatic rings. The van der Waals surface area contributed by atoms with Crippen molar-refractivity contribution in [3.63, 3.8) is 0 Å². The second-order valence-corrected chi connectivity index (χ2v) is 9.00. The number of Topliss-reactive ketones (excluding diaryl/α,β-unsaturated/α-hetero) is 1. The first-order chi connectivity index (χ1) is 16.0. The van der Waals surface area contributed by atoms with Crippen LogP contribution in [-0.4, -0.2) is 53.0 Å². The molecule has 9 heteroatoms. The molecule has 4 rings (SSSR count). The van der Waals surface area contributed by atoms with Crippen LogP contribution in [-0.2, 0) is 22.4 Å². The van der Waals surface area contributed by atoms with Crippen LogP contribution in [0.25, 0.3) is 11.0 Å². The number of aromatic nitrogens is 2. The lowest BCUT2D eigenvalue weighted by molar-refractivity contribution is 0.00661. The number of imidazole rings is 1. The molecule has 0 saturated carbocycles. The highest BCUT2D eigenvalue weighted by molar-refractivity contribution is 9.10. The summed E-state index contributed by atoms with van der Waals surface area (Å²) in [5.41, 5.74) is 1.06. The zero-order valence-corrected chi connectivity index (χ0v) is 19.6. The van der Waals surface area contributed by atoms with Crippen LogP contribution in [0, 0.1) is 11.6 Å². The highest BCUT2D eigenvalue weighted by Gasteiger charge is 2.24. The van der Waals surface area contributed by atoms with Gasteiger partial charge >= 0.3 is 0 Å². The molecule has 0 bridgehead atoms. The Hall–Kier alpha value is -2.20. The first-order valence-electron chi connectivity index (χ1n) is 10.9. The highest BCUT2D eigenvalue weighted by atomic mass is 79.9. The van der Waals surface area contributed by atoms with E-state index in [1.54, 1.807) is 29.1 Å². The monoisotopic (exact) mass is 522 g/mol. The summed E-state index contributed by atoms with van der Waals surface area (Å²) >= 11 is 3.22. The second kappa shape index (κ2) is 10.8. The number of hydrogen-bond acceptors (Lipinski definition) is 5. The standard InChI is InChI=1S/C24H25BrF2N2O4/c25-16-5-4-15(20(26)10-16)9-19-18(22(31)13-32-8-6-30)11-21-24(23(19)27)28-14-29(21)12-17-3-1-2-7-33-17/h4-5,10-11,14,17,30H,1-3,6-9,12-13H2. The summed E-state index contributed by atoms with van der Waals surface area (Å²) in [5, 5.41) is 8.94. The van der Waals surface area contributed by atoms with Crippen LogP contribution in [0.1, 0.15) is 40.7 Å². The van der Waals surface area contributed by atoms with Gasteiger partial charge in [-0.1, -0.05) is 22.0 Å². The van der Waals surface area contributed by atoms with Gasteiger partial charge in [0.15, 0.2) is 11.6 Å². The number of aliphatic hydroxyl groups is 1. The fraction of sp³-hybridized carbons (Fsp3) is 0.417. The molecule has 1 aromatic heterocycles. The first-order valence-corrected chi connectivity index (χ1v) is 11.7. The van der Waals surface area contributed by atoms with Gasteiger partial charge in [-0.2, -0.15) is 0 Å². The molecule has 0 spiro atoms. The van der Waals surface area contributed by atoms with Gasteiger partial charge in [-0.3, -0.25) is 4.79 Å². The zero-order chi connectivity index (χ0) is 23.4. The van der Waals surface area contributed by atoms with E-state index in [1.165, 1.54) is 6.07 Å². The Balaban J connectivity index is 1.74. The lowest BCUT2D eigenvalue weighted by Gasteiger charge is -2.23. The molecule has 1 unspecified atom stereocenters. The number of halogens is 3. The van der Waals surface area contributed by atoms with Gasteiger partial charge in [0, 0.05) is 28.6 Å². The summed E-state index contributed by atoms with van der Waals surface area (Å²) in [6, 6.07) is 6.12. The molecule has 0 amide bonds. The smallest absolute Gasteiger partial charge is 0.188 e. The van der Waals surface area contributed by atoms with Crippen LogP contribution in [0.4, 0.5) is 8.78 Å². The van der Waals surface area contributed by atoms with Crippen LogP contribution in [0.2, 0.25) is 0 Å². The Morgan fingerprint density at radius 1 is 1.30 bits per heavy atom. The molecule has 6 nitrogen and oxygen atoms in total. The van der Waals surface area contributed by atoms with E-state index in [9.17, 15) is 9.18 Å². The van der Waals surface area contributed by atoms with E-state index in [0.29, 0.717) is 23.1 Å². The minimum absolute atomic E-state index is 0.00258. The Bertz CT molecular complexity index is 1150. The Morgan fingerprint density at radius 2 is 2.15 bits per heavy atom. The van der Waals surface area contributed by atoms with Crippen molar-refractivity contribution in [3.05, 3.63) is 63.4 Å². The Labute approximate surface area is 198 Å². The highest BCUT2D eigenvalue weighted by Crippen LogP contribution is 2.29. The number of benzene rings is 2. The fourth-order valence-electron chi connectivity index (χ4n) is 4.10. The number of ketones is 1. The number of nitrogens with zero attached hydrogens (tertiary/aromatic N) is 2. The summed E-state index contributed by atoms with van der Waals surface area (Å²) in [7, 11) is 0. The van der Waals surface area contributed by atoms with E-state index in [2.05, 4.69) is 20.9 Å². The number of hydrogen-bond donors (Lipinski definition) is 1. The fourth-order valence-corrected chi connectivity index (χ4v) is 4.43. The Morgan fingerprint density at radius 3 is 2.88 bits per heavy atom. The van der Waals surface area contributed by atoms with Crippen molar-refractivity contribution in [2.24, 2.45) is 0 Å². The second-order valence-electron chi connectivity index (χ2n) is 8.08. The van der Waals surface area contributed by atoms with Crippen molar-refractivity contribution in [2.45, 2.75) is 38.3 Å². The van der Waals surface area contributed by atoms with Crippen LogP contribution in [0.5, 0.6) is 0 Å². The van der Waals surface area contributed by atoms with Crippen molar-refractivity contribution in [1.82, 2.24) is 9.55 Å². The molecular weight excluding hydrogens is 498 g/mol. The third kappa shape index (κ3) is 5.48. The molecule has 1 aliphatic heterocycles. The predicted octanol–water partition coefficient (Wildman–Crippen LogP) is 4.43. The van der Waals surface area contributed by atoms with Gasteiger partial charge in [-0.15, -0.1) is 0 Å². The van der Waals surface area contributed by atoms with E-state index in [0.717, 1.165) is 19.3 Å². The molecule has 1 atom stereocenters. The average molecular weight is 523 g/mol. The molecule has 176 valence electrons. The van der Waals surface area contributed by atoms with Gasteiger partial charge in [-0.05, 0) is 43.0 Å². The summed E-state index contributed by atoms with van der Waals surface area (Å²) in [6.45, 7) is 0.642. The molecule has 1 saturated heterocycles. The third-order valence-electron chi connectivity index (χ3n) is 5.78. The zero-order valence-electron chi connectivity index (χ0n) is 18.0. The number of carbonyl (C=O) groups excluding carboxylic acids is 1. The lowest BCUT2D eigenvalue weighted by atomic mass is 9.95. The SMILES string of the molecule is O=C(COCCO)c1cc2c(ncn2CC2CCCCO2)c(F)c1Cc1ccc(Br)cc1F. The molecular formula is C24H25BrF2N2O4. The quantitative estimate of drug-likeness (QED) is 0.332. The van der Waals surface area contributed by atoms with Crippen molar-refractivity contribution < 1.29 is 28.2 Å². The lowest BCUT2D eigenvalue weighted by Crippen LogP contribution is -2.24. The van der Waals surface area contributed by atoms with E-state index in [4.69, 9.17) is 14.6 Å². The van der Waals surface area contributed by atoms with Crippen molar-refractivity contribution in [1.29, 1.82) is 0 Å². The maximum absolute atomic E-state index is 15.7. The van der Waals surface area contributed by atoms with Gasteiger partial charge in [0.2, 0.25) is 0 Å². The van der Waals surface area contributed by atoms with Crippen molar-refractivity contribution in [2.75, 3.05) is 26.4 Å². The van der Waals surface area contributed by atoms with Crippen LogP contribution in [0.3, 0.4) is 0 Å². The Kier molecular flexibility index (Phi) is 7.85. The third-order valence-corrected chi connectivity index (χ3v) is 6.28. The van der Waals surface area contributed by atoms with Crippen molar-refractivity contribution in [3.8, 4) is 0 Å². The maximum atomic E-state index is 15.7. The molecule has 1 aliphatic rings. The summed E-state index contributed by atoms with van der Waals surface area (Å²) in [5.74, 6) is -1.60. The number of carbonyl (C=O) groups is 1. The van der Waals surface area contributed by atoms with E-state index >= 15 is 4.39 Å². The summed E-state index contributed by atoms with van der Waals surface area (Å²) < 4.78 is 43.5. The molecule has 2 heterocycles. The van der Waals surface area contributed by atoms with Crippen LogP contribution < -0.4 is 0 Å². The van der Waals surface area contributed by atoms with Crippen molar-refractivity contribution >= 4 is 32.7 Å². The predicted molar refractivity (Wildman–Crippen MR) is 122 cm³/mol. The van der Waals surface area contributed by atoms with Crippen LogP contribution in [0.15, 0.2) is 35.1 Å². The first kappa shape index (κ1) is 23.9. The minimum atomic E-state index is -0.649. The van der Waals surface area contributed by atoms with E-state index in [-0.39, 0.29) is 54.6 Å². The van der Waals surface area contributed by atoms with Gasteiger partial charge in [0.25, 0.3) is 0 Å². The van der Waals surface area contributed by atoms with Gasteiger partial charge in [0.1, 0.15) is 17.9 Å². The number of ether oxygens (including phenoxy) is 2. The largest absolute Gasteiger partial charge is 0.394 e. The number of aliphatic hydroxyl groups excluding tert-OH is 1. The van der Waals surface area contributed by atoms with Crippen LogP contribution >= 0.6 is 15.9 Å². The van der Waals surface area contributed by atoms with Gasteiger partial charge in [-0.25, -0.2) is 13.8 Å². The average Bonchev–Trinajstić information content (AvgIpc) is 3.20. The summed E-state index contributed by atoms with van der Waals surface area (Å²) in [6.07, 6.45) is 4.44. The number of rotatable bonds is 9. The van der Waals surface area contributed by atoms with Gasteiger partial charge in [0.05, 0.1) is 37.7 Å². The normalized spacial score (nSPS) is 16.4. The van der Waals surface area contributed by atoms with Gasteiger partial charge < -0.3 is 19.1 Å². The number of fused-ring (bicyclic) bond motifs is 1. The molecule has 33 heavy (non-hydrogen) atoms. The molecule has 0 radical (unpaired) electrons. The molecule has 1 fully saturated rings. The molecule has 0 aliphatic carbocycles. The molecule has 1 N–H and O–H groups in total. The maximum Gasteiger partial charge on any atom is 0.188 e. The molecule has 2 aromatic carbocycles. The van der Waals surface area contributed by atoms with E-state index < -0.39 is 17.4 Å². The minimum Gasteiger partial charge on any atom is -0.394 e. The summed E-state index contributed by atoms with van der Waals surface area (Å²) in [4.78, 5) is 17.2. The van der Waals surface area contributed by atoms with E-state index in [1.807, 2.05) is 0 Å².